The standard InChI is InChI=1S/C8H12N4.C2H6/c1-5-7-10-8(6(2)3)11-12(7)9-4;1-2/h5-6H,1,4H2,2-3H3;1-2H3. The van der Waals surface area contributed by atoms with Gasteiger partial charge in [-0.1, -0.05) is 34.3 Å². The molecule has 0 N–H and O–H groups in total. The lowest BCUT2D eigenvalue weighted by atomic mass is 10.2. The highest BCUT2D eigenvalue weighted by Gasteiger charge is 2.08. The Morgan fingerprint density at radius 1 is 1.43 bits per heavy atom. The Labute approximate surface area is 85.4 Å². The van der Waals surface area contributed by atoms with Crippen molar-refractivity contribution in [3.8, 4) is 0 Å². The first-order valence-electron chi connectivity index (χ1n) is 4.75. The van der Waals surface area contributed by atoms with Gasteiger partial charge in [0.05, 0.1) is 0 Å². The molecular formula is C10H18N4. The van der Waals surface area contributed by atoms with E-state index in [9.17, 15) is 0 Å². The molecule has 0 saturated heterocycles. The van der Waals surface area contributed by atoms with Crippen LogP contribution in [0, 0.1) is 0 Å². The van der Waals surface area contributed by atoms with Crippen molar-refractivity contribution in [3.63, 3.8) is 0 Å². The van der Waals surface area contributed by atoms with E-state index in [1.165, 1.54) is 4.79 Å². The summed E-state index contributed by atoms with van der Waals surface area (Å²) in [6.07, 6.45) is 1.60. The number of hydrogen-bond donors (Lipinski definition) is 0. The lowest BCUT2D eigenvalue weighted by Crippen LogP contribution is -1.94. The Kier molecular flexibility index (Phi) is 5.44. The molecule has 1 aromatic rings. The molecule has 0 fully saturated rings. The second-order valence-corrected chi connectivity index (χ2v) is 2.72. The SMILES string of the molecule is C=Cc1nc(C(C)C)nn1N=C.CC. The maximum absolute atomic E-state index is 4.20. The van der Waals surface area contributed by atoms with Crippen LogP contribution in [-0.4, -0.2) is 21.6 Å². The van der Waals surface area contributed by atoms with E-state index < -0.39 is 0 Å². The van der Waals surface area contributed by atoms with Gasteiger partial charge in [-0.15, -0.1) is 9.89 Å². The average molecular weight is 194 g/mol. The van der Waals surface area contributed by atoms with Gasteiger partial charge >= 0.3 is 0 Å². The number of hydrogen-bond acceptors (Lipinski definition) is 3. The third kappa shape index (κ3) is 2.80. The van der Waals surface area contributed by atoms with Gasteiger partial charge in [-0.3, -0.25) is 0 Å². The molecule has 1 aromatic heterocycles. The molecule has 0 spiro atoms. The van der Waals surface area contributed by atoms with Gasteiger partial charge < -0.3 is 0 Å². The summed E-state index contributed by atoms with van der Waals surface area (Å²) >= 11 is 0. The summed E-state index contributed by atoms with van der Waals surface area (Å²) in [7, 11) is 0. The van der Waals surface area contributed by atoms with E-state index in [4.69, 9.17) is 0 Å². The molecule has 0 bridgehead atoms. The van der Waals surface area contributed by atoms with E-state index in [0.29, 0.717) is 11.7 Å². The highest BCUT2D eigenvalue weighted by atomic mass is 15.5. The lowest BCUT2D eigenvalue weighted by molar-refractivity contribution is 0.694. The average Bonchev–Trinajstić information content (AvgIpc) is 2.63. The van der Waals surface area contributed by atoms with Crippen LogP contribution in [0.4, 0.5) is 0 Å². The van der Waals surface area contributed by atoms with Crippen LogP contribution in [0.5, 0.6) is 0 Å². The molecule has 0 atom stereocenters. The minimum absolute atomic E-state index is 0.298. The Bertz CT molecular complexity index is 274. The molecule has 0 aromatic carbocycles. The van der Waals surface area contributed by atoms with Gasteiger partial charge in [0.2, 0.25) is 0 Å². The van der Waals surface area contributed by atoms with Crippen LogP contribution in [-0.2, 0) is 0 Å². The normalized spacial score (nSPS) is 9.21. The van der Waals surface area contributed by atoms with Gasteiger partial charge in [0.25, 0.3) is 0 Å². The van der Waals surface area contributed by atoms with Gasteiger partial charge in [0.1, 0.15) is 0 Å². The number of aromatic nitrogens is 3. The fourth-order valence-electron chi connectivity index (χ4n) is 0.809. The van der Waals surface area contributed by atoms with Gasteiger partial charge in [-0.05, 0) is 6.08 Å². The van der Waals surface area contributed by atoms with E-state index in [2.05, 4.69) is 28.5 Å². The summed E-state index contributed by atoms with van der Waals surface area (Å²) in [5.41, 5.74) is 0. The molecule has 1 heterocycles. The molecule has 4 nitrogen and oxygen atoms in total. The first-order valence-corrected chi connectivity index (χ1v) is 4.75. The maximum atomic E-state index is 4.20. The minimum atomic E-state index is 0.298. The summed E-state index contributed by atoms with van der Waals surface area (Å²) in [5.74, 6) is 1.69. The Balaban J connectivity index is 0.000000791. The molecule has 78 valence electrons. The van der Waals surface area contributed by atoms with Crippen molar-refractivity contribution in [1.82, 2.24) is 14.9 Å². The zero-order chi connectivity index (χ0) is 11.1. The third-order valence-electron chi connectivity index (χ3n) is 1.46. The molecule has 0 saturated carbocycles. The summed E-state index contributed by atoms with van der Waals surface area (Å²) in [6, 6.07) is 0. The molecule has 0 aliphatic rings. The Morgan fingerprint density at radius 3 is 2.29 bits per heavy atom. The summed E-state index contributed by atoms with van der Waals surface area (Å²) in [6.45, 7) is 15.0. The molecular weight excluding hydrogens is 176 g/mol. The zero-order valence-electron chi connectivity index (χ0n) is 9.36. The molecule has 4 heteroatoms. The fourth-order valence-corrected chi connectivity index (χ4v) is 0.809. The highest BCUT2D eigenvalue weighted by Crippen LogP contribution is 2.10. The van der Waals surface area contributed by atoms with Gasteiger partial charge in [-0.2, -0.15) is 5.10 Å². The number of nitrogens with zero attached hydrogens (tertiary/aromatic N) is 4. The largest absolute Gasteiger partial charge is 0.210 e. The van der Waals surface area contributed by atoms with Crippen LogP contribution >= 0.6 is 0 Å². The fraction of sp³-hybridized carbons (Fsp3) is 0.500. The molecule has 0 aliphatic heterocycles. The topological polar surface area (TPSA) is 43.1 Å². The van der Waals surface area contributed by atoms with E-state index in [1.54, 1.807) is 6.08 Å². The van der Waals surface area contributed by atoms with E-state index in [-0.39, 0.29) is 0 Å². The monoisotopic (exact) mass is 194 g/mol. The number of rotatable bonds is 3. The molecule has 0 aliphatic carbocycles. The summed E-state index contributed by atoms with van der Waals surface area (Å²) in [4.78, 5) is 5.58. The first kappa shape index (κ1) is 12.6. The molecule has 0 amide bonds. The van der Waals surface area contributed by atoms with Crippen LogP contribution in [0.25, 0.3) is 6.08 Å². The lowest BCUT2D eigenvalue weighted by Gasteiger charge is -1.93. The van der Waals surface area contributed by atoms with Gasteiger partial charge in [-0.25, -0.2) is 4.98 Å². The van der Waals surface area contributed by atoms with Crippen molar-refractivity contribution >= 4 is 12.8 Å². The van der Waals surface area contributed by atoms with E-state index >= 15 is 0 Å². The quantitative estimate of drug-likeness (QED) is 0.694. The van der Waals surface area contributed by atoms with Gasteiger partial charge in [0, 0.05) is 12.6 Å². The molecule has 14 heavy (non-hydrogen) atoms. The zero-order valence-corrected chi connectivity index (χ0v) is 9.36. The second kappa shape index (κ2) is 6.07. The van der Waals surface area contributed by atoms with Crippen molar-refractivity contribution in [2.45, 2.75) is 33.6 Å². The second-order valence-electron chi connectivity index (χ2n) is 2.72. The maximum Gasteiger partial charge on any atom is 0.175 e. The van der Waals surface area contributed by atoms with Crippen molar-refractivity contribution < 1.29 is 0 Å². The predicted octanol–water partition coefficient (Wildman–Crippen LogP) is 2.53. The van der Waals surface area contributed by atoms with Crippen molar-refractivity contribution in [2.75, 3.05) is 0 Å². The van der Waals surface area contributed by atoms with Crippen LogP contribution in [0.3, 0.4) is 0 Å². The predicted molar refractivity (Wildman–Crippen MR) is 60.5 cm³/mol. The molecule has 0 unspecified atom stereocenters. The Hall–Kier alpha value is -1.45. The van der Waals surface area contributed by atoms with Crippen LogP contribution in [0.15, 0.2) is 11.7 Å². The summed E-state index contributed by atoms with van der Waals surface area (Å²) < 4.78 is 0. The minimum Gasteiger partial charge on any atom is -0.210 e. The first-order chi connectivity index (χ1) is 6.69. The van der Waals surface area contributed by atoms with Crippen molar-refractivity contribution in [2.24, 2.45) is 5.10 Å². The van der Waals surface area contributed by atoms with Crippen LogP contribution < -0.4 is 0 Å². The Morgan fingerprint density at radius 2 is 2.00 bits per heavy atom. The van der Waals surface area contributed by atoms with Crippen LogP contribution in [0.2, 0.25) is 0 Å². The molecule has 1 rings (SSSR count). The highest BCUT2D eigenvalue weighted by molar-refractivity contribution is 5.37. The van der Waals surface area contributed by atoms with Gasteiger partial charge in [0.15, 0.2) is 11.6 Å². The van der Waals surface area contributed by atoms with Crippen LogP contribution in [0.1, 0.15) is 45.3 Å². The smallest absolute Gasteiger partial charge is 0.175 e. The third-order valence-corrected chi connectivity index (χ3v) is 1.46. The summed E-state index contributed by atoms with van der Waals surface area (Å²) in [5, 5.41) is 7.77. The molecule has 0 radical (unpaired) electrons. The van der Waals surface area contributed by atoms with Crippen molar-refractivity contribution in [1.29, 1.82) is 0 Å². The van der Waals surface area contributed by atoms with Crippen molar-refractivity contribution in [3.05, 3.63) is 18.2 Å². The van der Waals surface area contributed by atoms with E-state index in [0.717, 1.165) is 5.82 Å². The van der Waals surface area contributed by atoms with E-state index in [1.807, 2.05) is 27.7 Å².